The molecule has 120 valence electrons. The number of piperazine rings is 1. The van der Waals surface area contributed by atoms with Gasteiger partial charge in [0, 0.05) is 25.2 Å². The molecule has 0 unspecified atom stereocenters. The second-order valence-corrected chi connectivity index (χ2v) is 5.10. The Morgan fingerprint density at radius 3 is 2.82 bits per heavy atom. The summed E-state index contributed by atoms with van der Waals surface area (Å²) in [4.78, 5) is 25.1. The summed E-state index contributed by atoms with van der Waals surface area (Å²) < 4.78 is 10.7. The molecule has 1 saturated heterocycles. The normalized spacial score (nSPS) is 18.6. The first-order chi connectivity index (χ1) is 10.6. The van der Waals surface area contributed by atoms with Crippen molar-refractivity contribution in [1.82, 2.24) is 10.2 Å². The maximum absolute atomic E-state index is 12.0. The van der Waals surface area contributed by atoms with Gasteiger partial charge in [-0.1, -0.05) is 12.1 Å². The fourth-order valence-electron chi connectivity index (χ4n) is 2.66. The van der Waals surface area contributed by atoms with Crippen LogP contribution in [0.4, 0.5) is 0 Å². The van der Waals surface area contributed by atoms with Gasteiger partial charge in [0.1, 0.15) is 0 Å². The average Bonchev–Trinajstić information content (AvgIpc) is 2.50. The standard InChI is InChI=1S/C15H21N3O4/c1-21-12-5-3-4-10(14(12)22-2)9-18-7-6-17-15(20)11(18)8-13(16)19/h3-5,11H,6-9H2,1-2H3,(H2,16,19)(H,17,20)/t11-/m1/s1. The third-order valence-electron chi connectivity index (χ3n) is 3.69. The van der Waals surface area contributed by atoms with Gasteiger partial charge in [-0.2, -0.15) is 0 Å². The second kappa shape index (κ2) is 7.13. The third-order valence-corrected chi connectivity index (χ3v) is 3.69. The van der Waals surface area contributed by atoms with E-state index in [0.717, 1.165) is 5.56 Å². The molecule has 7 heteroatoms. The van der Waals surface area contributed by atoms with Crippen molar-refractivity contribution in [2.45, 2.75) is 19.0 Å². The quantitative estimate of drug-likeness (QED) is 0.764. The van der Waals surface area contributed by atoms with Gasteiger partial charge in [-0.3, -0.25) is 14.5 Å². The Kier molecular flexibility index (Phi) is 5.21. The molecule has 1 fully saturated rings. The first-order valence-electron chi connectivity index (χ1n) is 7.06. The highest BCUT2D eigenvalue weighted by Crippen LogP contribution is 2.32. The number of hydrogen-bond donors (Lipinski definition) is 2. The van der Waals surface area contributed by atoms with Gasteiger partial charge >= 0.3 is 0 Å². The molecule has 1 heterocycles. The number of ether oxygens (including phenoxy) is 2. The van der Waals surface area contributed by atoms with Gasteiger partial charge < -0.3 is 20.5 Å². The third kappa shape index (κ3) is 3.48. The molecule has 1 aliphatic heterocycles. The summed E-state index contributed by atoms with van der Waals surface area (Å²) in [7, 11) is 3.15. The van der Waals surface area contributed by atoms with Gasteiger partial charge in [0.25, 0.3) is 0 Å². The van der Waals surface area contributed by atoms with Crippen LogP contribution in [0.15, 0.2) is 18.2 Å². The van der Waals surface area contributed by atoms with Crippen LogP contribution in [0.3, 0.4) is 0 Å². The van der Waals surface area contributed by atoms with Crippen molar-refractivity contribution in [3.05, 3.63) is 23.8 Å². The smallest absolute Gasteiger partial charge is 0.237 e. The number of hydrogen-bond acceptors (Lipinski definition) is 5. The van der Waals surface area contributed by atoms with E-state index in [1.165, 1.54) is 0 Å². The molecular weight excluding hydrogens is 286 g/mol. The number of primary amides is 1. The van der Waals surface area contributed by atoms with E-state index in [2.05, 4.69) is 5.32 Å². The van der Waals surface area contributed by atoms with Crippen molar-refractivity contribution in [2.75, 3.05) is 27.3 Å². The van der Waals surface area contributed by atoms with Crippen molar-refractivity contribution in [3.8, 4) is 11.5 Å². The van der Waals surface area contributed by atoms with Gasteiger partial charge in [0.05, 0.1) is 26.7 Å². The molecular formula is C15H21N3O4. The number of amides is 2. The van der Waals surface area contributed by atoms with E-state index < -0.39 is 11.9 Å². The highest BCUT2D eigenvalue weighted by molar-refractivity contribution is 5.88. The SMILES string of the molecule is COc1cccc(CN2CCNC(=O)[C@H]2CC(N)=O)c1OC. The van der Waals surface area contributed by atoms with Crippen LogP contribution in [0.5, 0.6) is 11.5 Å². The summed E-state index contributed by atoms with van der Waals surface area (Å²) in [6.45, 7) is 1.66. The number of nitrogens with one attached hydrogen (secondary N) is 1. The van der Waals surface area contributed by atoms with E-state index in [1.807, 2.05) is 23.1 Å². The zero-order valence-electron chi connectivity index (χ0n) is 12.8. The molecule has 1 aromatic carbocycles. The Morgan fingerprint density at radius 2 is 2.18 bits per heavy atom. The molecule has 1 atom stereocenters. The number of carbonyl (C=O) groups excluding carboxylic acids is 2. The number of rotatable bonds is 6. The van der Waals surface area contributed by atoms with Crippen LogP contribution in [-0.2, 0) is 16.1 Å². The minimum atomic E-state index is -0.554. The Balaban J connectivity index is 2.24. The van der Waals surface area contributed by atoms with Gasteiger partial charge in [0.15, 0.2) is 11.5 Å². The molecule has 7 nitrogen and oxygen atoms in total. The largest absolute Gasteiger partial charge is 0.493 e. The molecule has 22 heavy (non-hydrogen) atoms. The Morgan fingerprint density at radius 1 is 1.41 bits per heavy atom. The van der Waals surface area contributed by atoms with E-state index in [4.69, 9.17) is 15.2 Å². The molecule has 0 aliphatic carbocycles. The Hall–Kier alpha value is -2.28. The summed E-state index contributed by atoms with van der Waals surface area (Å²) in [5, 5.41) is 2.76. The number of methoxy groups -OCH3 is 2. The molecule has 1 aromatic rings. The van der Waals surface area contributed by atoms with E-state index in [-0.39, 0.29) is 12.3 Å². The van der Waals surface area contributed by atoms with Crippen molar-refractivity contribution in [3.63, 3.8) is 0 Å². The maximum atomic E-state index is 12.0. The summed E-state index contributed by atoms with van der Waals surface area (Å²) in [5.74, 6) is 0.596. The first-order valence-corrected chi connectivity index (χ1v) is 7.06. The zero-order chi connectivity index (χ0) is 16.1. The van der Waals surface area contributed by atoms with Crippen molar-refractivity contribution in [2.24, 2.45) is 5.73 Å². The van der Waals surface area contributed by atoms with Crippen LogP contribution in [0.1, 0.15) is 12.0 Å². The van der Waals surface area contributed by atoms with Crippen LogP contribution in [-0.4, -0.2) is 50.1 Å². The van der Waals surface area contributed by atoms with Gasteiger partial charge in [-0.15, -0.1) is 0 Å². The van der Waals surface area contributed by atoms with E-state index in [1.54, 1.807) is 14.2 Å². The highest BCUT2D eigenvalue weighted by Gasteiger charge is 2.31. The molecule has 0 radical (unpaired) electrons. The van der Waals surface area contributed by atoms with Crippen LogP contribution in [0.25, 0.3) is 0 Å². The molecule has 3 N–H and O–H groups in total. The fourth-order valence-corrected chi connectivity index (χ4v) is 2.66. The predicted molar refractivity (Wildman–Crippen MR) is 80.6 cm³/mol. The number of carbonyl (C=O) groups is 2. The summed E-state index contributed by atoms with van der Waals surface area (Å²) in [6, 6.07) is 5.03. The molecule has 1 aliphatic rings. The van der Waals surface area contributed by atoms with Crippen molar-refractivity contribution >= 4 is 11.8 Å². The average molecular weight is 307 g/mol. The fraction of sp³-hybridized carbons (Fsp3) is 0.467. The lowest BCUT2D eigenvalue weighted by Crippen LogP contribution is -2.55. The predicted octanol–water partition coefficient (Wildman–Crippen LogP) is -0.120. The zero-order valence-corrected chi connectivity index (χ0v) is 12.8. The summed E-state index contributed by atoms with van der Waals surface area (Å²) >= 11 is 0. The summed E-state index contributed by atoms with van der Waals surface area (Å²) in [6.07, 6.45) is -0.00187. The molecule has 0 bridgehead atoms. The van der Waals surface area contributed by atoms with Crippen LogP contribution >= 0.6 is 0 Å². The summed E-state index contributed by atoms with van der Waals surface area (Å²) in [5.41, 5.74) is 6.15. The molecule has 2 amide bonds. The van der Waals surface area contributed by atoms with Crippen LogP contribution in [0.2, 0.25) is 0 Å². The molecule has 0 saturated carbocycles. The Labute approximate surface area is 129 Å². The minimum Gasteiger partial charge on any atom is -0.493 e. The lowest BCUT2D eigenvalue weighted by molar-refractivity contribution is -0.133. The second-order valence-electron chi connectivity index (χ2n) is 5.10. The highest BCUT2D eigenvalue weighted by atomic mass is 16.5. The first kappa shape index (κ1) is 16.1. The van der Waals surface area contributed by atoms with E-state index in [9.17, 15) is 9.59 Å². The molecule has 0 spiro atoms. The number of para-hydroxylation sites is 1. The van der Waals surface area contributed by atoms with E-state index in [0.29, 0.717) is 31.1 Å². The maximum Gasteiger partial charge on any atom is 0.237 e. The lowest BCUT2D eigenvalue weighted by atomic mass is 10.1. The number of nitrogens with zero attached hydrogens (tertiary/aromatic N) is 1. The number of benzene rings is 1. The van der Waals surface area contributed by atoms with Crippen molar-refractivity contribution in [1.29, 1.82) is 0 Å². The van der Waals surface area contributed by atoms with Crippen LogP contribution < -0.4 is 20.5 Å². The number of nitrogens with two attached hydrogens (primary N) is 1. The minimum absolute atomic E-state index is 0.00187. The van der Waals surface area contributed by atoms with Crippen molar-refractivity contribution < 1.29 is 19.1 Å². The van der Waals surface area contributed by atoms with Crippen LogP contribution in [0, 0.1) is 0 Å². The van der Waals surface area contributed by atoms with Gasteiger partial charge in [-0.25, -0.2) is 0 Å². The Bertz CT molecular complexity index is 562. The molecule has 0 aromatic heterocycles. The lowest BCUT2D eigenvalue weighted by Gasteiger charge is -2.34. The van der Waals surface area contributed by atoms with Gasteiger partial charge in [-0.05, 0) is 6.07 Å². The van der Waals surface area contributed by atoms with Gasteiger partial charge in [0.2, 0.25) is 11.8 Å². The monoisotopic (exact) mass is 307 g/mol. The molecule has 2 rings (SSSR count). The van der Waals surface area contributed by atoms with E-state index >= 15 is 0 Å². The topological polar surface area (TPSA) is 93.9 Å².